The lowest BCUT2D eigenvalue weighted by molar-refractivity contribution is 0.0696. The molecule has 4 nitrogen and oxygen atoms in total. The molecule has 0 aromatic heterocycles. The molecule has 1 N–H and O–H groups in total. The molecule has 0 bridgehead atoms. The third kappa shape index (κ3) is 3.64. The zero-order valence-electron chi connectivity index (χ0n) is 16.8. The molecule has 0 spiro atoms. The number of benzene rings is 2. The summed E-state index contributed by atoms with van der Waals surface area (Å²) in [5.41, 5.74) is 3.98. The Morgan fingerprint density at radius 1 is 0.964 bits per heavy atom. The van der Waals surface area contributed by atoms with Crippen molar-refractivity contribution in [3.8, 4) is 0 Å². The molecule has 4 heteroatoms. The van der Waals surface area contributed by atoms with E-state index in [9.17, 15) is 14.4 Å². The summed E-state index contributed by atoms with van der Waals surface area (Å²) < 4.78 is 0. The van der Waals surface area contributed by atoms with Crippen LogP contribution in [0.4, 0.5) is 0 Å². The van der Waals surface area contributed by atoms with Crippen molar-refractivity contribution in [2.45, 2.75) is 57.8 Å². The first-order valence-electron chi connectivity index (χ1n) is 9.55. The molecule has 1 aliphatic rings. The van der Waals surface area contributed by atoms with E-state index in [2.05, 4.69) is 27.7 Å². The highest BCUT2D eigenvalue weighted by Crippen LogP contribution is 2.46. The number of aldehydes is 1. The van der Waals surface area contributed by atoms with Crippen LogP contribution in [0.5, 0.6) is 0 Å². The number of rotatable bonds is 5. The number of fused-ring (bicyclic) bond motifs is 1. The van der Waals surface area contributed by atoms with Crippen molar-refractivity contribution in [1.29, 1.82) is 0 Å². The lowest BCUT2D eigenvalue weighted by Crippen LogP contribution is -2.34. The van der Waals surface area contributed by atoms with Gasteiger partial charge in [0.05, 0.1) is 5.56 Å². The molecule has 0 saturated heterocycles. The van der Waals surface area contributed by atoms with Crippen molar-refractivity contribution in [1.82, 2.24) is 0 Å². The number of aromatic carboxylic acids is 1. The molecular weight excluding hydrogens is 352 g/mol. The van der Waals surface area contributed by atoms with Crippen molar-refractivity contribution in [2.24, 2.45) is 0 Å². The van der Waals surface area contributed by atoms with Crippen LogP contribution in [-0.2, 0) is 17.3 Å². The Balaban J connectivity index is 2.00. The monoisotopic (exact) mass is 378 g/mol. The molecule has 2 aromatic rings. The quantitative estimate of drug-likeness (QED) is 0.589. The average Bonchev–Trinajstić information content (AvgIpc) is 2.65. The number of carboxylic acid groups (broad SMARTS) is 1. The van der Waals surface area contributed by atoms with Crippen molar-refractivity contribution in [3.05, 3.63) is 69.8 Å². The molecule has 0 amide bonds. The predicted molar refractivity (Wildman–Crippen MR) is 109 cm³/mol. The minimum absolute atomic E-state index is 0.0309. The molecule has 3 rings (SSSR count). The summed E-state index contributed by atoms with van der Waals surface area (Å²) in [6.45, 7) is 8.73. The molecule has 146 valence electrons. The Morgan fingerprint density at radius 3 is 2.00 bits per heavy atom. The molecule has 0 fully saturated rings. The summed E-state index contributed by atoms with van der Waals surface area (Å²) in [6.07, 6.45) is 2.95. The van der Waals surface area contributed by atoms with Crippen LogP contribution in [0.1, 0.15) is 88.3 Å². The second-order valence-electron chi connectivity index (χ2n) is 8.97. The Kier molecular flexibility index (Phi) is 5.00. The Labute approximate surface area is 165 Å². The van der Waals surface area contributed by atoms with Gasteiger partial charge in [-0.2, -0.15) is 0 Å². The standard InChI is InChI=1S/C24H26O4/c1-23(2)9-10-24(3,4)20-13-18(17(14-25)12-19(20)23)21(26)11-15-5-7-16(8-6-15)22(27)28/h5-8,12-14H,9-11H2,1-4H3,(H,27,28). The molecule has 28 heavy (non-hydrogen) atoms. The second-order valence-corrected chi connectivity index (χ2v) is 8.97. The summed E-state index contributed by atoms with van der Waals surface area (Å²) in [6, 6.07) is 10.1. The van der Waals surface area contributed by atoms with Gasteiger partial charge in [-0.1, -0.05) is 39.8 Å². The first-order valence-corrected chi connectivity index (χ1v) is 9.55. The summed E-state index contributed by atoms with van der Waals surface area (Å²) in [5.74, 6) is -1.13. The maximum Gasteiger partial charge on any atom is 0.335 e. The van der Waals surface area contributed by atoms with Crippen LogP contribution < -0.4 is 0 Å². The fourth-order valence-corrected chi connectivity index (χ4v) is 4.02. The second kappa shape index (κ2) is 7.01. The Morgan fingerprint density at radius 2 is 1.50 bits per heavy atom. The Bertz CT molecular complexity index is 949. The van der Waals surface area contributed by atoms with Crippen LogP contribution in [0.2, 0.25) is 0 Å². The largest absolute Gasteiger partial charge is 0.478 e. The summed E-state index contributed by atoms with van der Waals surface area (Å²) in [5, 5.41) is 9.00. The molecule has 0 heterocycles. The van der Waals surface area contributed by atoms with E-state index in [4.69, 9.17) is 5.11 Å². The third-order valence-electron chi connectivity index (χ3n) is 6.02. The number of Topliss-reactive ketones (excluding diaryl/α,β-unsaturated/α-hetero) is 1. The lowest BCUT2D eigenvalue weighted by Gasteiger charge is -2.42. The molecule has 0 radical (unpaired) electrons. The molecule has 1 aliphatic carbocycles. The van der Waals surface area contributed by atoms with Crippen LogP contribution in [0.3, 0.4) is 0 Å². The summed E-state index contributed by atoms with van der Waals surface area (Å²) >= 11 is 0. The molecule has 2 aromatic carbocycles. The van der Waals surface area contributed by atoms with Crippen molar-refractivity contribution < 1.29 is 19.5 Å². The van der Waals surface area contributed by atoms with Crippen LogP contribution >= 0.6 is 0 Å². The first kappa shape index (κ1) is 20.0. The van der Waals surface area contributed by atoms with Gasteiger partial charge in [-0.05, 0) is 64.6 Å². The van der Waals surface area contributed by atoms with Crippen LogP contribution in [0.25, 0.3) is 0 Å². The SMILES string of the molecule is CC1(C)CCC(C)(C)c2cc(C(=O)Cc3ccc(C(=O)O)cc3)c(C=O)cc21. The minimum atomic E-state index is -0.999. The van der Waals surface area contributed by atoms with Crippen LogP contribution in [0, 0.1) is 0 Å². The zero-order valence-corrected chi connectivity index (χ0v) is 16.8. The highest BCUT2D eigenvalue weighted by atomic mass is 16.4. The topological polar surface area (TPSA) is 71.4 Å². The van der Waals surface area contributed by atoms with E-state index in [0.29, 0.717) is 11.1 Å². The van der Waals surface area contributed by atoms with Gasteiger partial charge in [-0.3, -0.25) is 9.59 Å². The van der Waals surface area contributed by atoms with Crippen molar-refractivity contribution in [2.75, 3.05) is 0 Å². The summed E-state index contributed by atoms with van der Waals surface area (Å²) in [7, 11) is 0. The Hall–Kier alpha value is -2.75. The highest BCUT2D eigenvalue weighted by Gasteiger charge is 2.38. The van der Waals surface area contributed by atoms with Crippen LogP contribution in [-0.4, -0.2) is 23.1 Å². The van der Waals surface area contributed by atoms with Gasteiger partial charge in [0.15, 0.2) is 12.1 Å². The zero-order chi connectivity index (χ0) is 20.7. The fourth-order valence-electron chi connectivity index (χ4n) is 4.02. The normalized spacial score (nSPS) is 16.9. The smallest absolute Gasteiger partial charge is 0.335 e. The van der Waals surface area contributed by atoms with Gasteiger partial charge in [0, 0.05) is 17.5 Å². The van der Waals surface area contributed by atoms with E-state index in [1.807, 2.05) is 12.1 Å². The van der Waals surface area contributed by atoms with Crippen LogP contribution in [0.15, 0.2) is 36.4 Å². The van der Waals surface area contributed by atoms with Gasteiger partial charge >= 0.3 is 5.97 Å². The van der Waals surface area contributed by atoms with Crippen molar-refractivity contribution >= 4 is 18.0 Å². The number of hydrogen-bond acceptors (Lipinski definition) is 3. The fraction of sp³-hybridized carbons (Fsp3) is 0.375. The van der Waals surface area contributed by atoms with Crippen molar-refractivity contribution in [3.63, 3.8) is 0 Å². The first-order chi connectivity index (χ1) is 13.0. The van der Waals surface area contributed by atoms with Gasteiger partial charge in [0.25, 0.3) is 0 Å². The number of ketones is 1. The van der Waals surface area contributed by atoms with Gasteiger partial charge in [-0.15, -0.1) is 0 Å². The van der Waals surface area contributed by atoms with Gasteiger partial charge in [0.2, 0.25) is 0 Å². The maximum atomic E-state index is 13.0. The minimum Gasteiger partial charge on any atom is -0.478 e. The van der Waals surface area contributed by atoms with Gasteiger partial charge in [-0.25, -0.2) is 4.79 Å². The molecule has 0 aliphatic heterocycles. The summed E-state index contributed by atoms with van der Waals surface area (Å²) in [4.78, 5) is 35.7. The lowest BCUT2D eigenvalue weighted by atomic mass is 9.62. The average molecular weight is 378 g/mol. The van der Waals surface area contributed by atoms with E-state index >= 15 is 0 Å². The van der Waals surface area contributed by atoms with E-state index in [1.165, 1.54) is 12.1 Å². The number of carboxylic acids is 1. The van der Waals surface area contributed by atoms with Gasteiger partial charge in [0.1, 0.15) is 0 Å². The number of carbonyl (C=O) groups excluding carboxylic acids is 2. The van der Waals surface area contributed by atoms with Gasteiger partial charge < -0.3 is 5.11 Å². The predicted octanol–water partition coefficient (Wildman–Crippen LogP) is 4.97. The maximum absolute atomic E-state index is 13.0. The highest BCUT2D eigenvalue weighted by molar-refractivity contribution is 6.04. The number of carbonyl (C=O) groups is 3. The molecule has 0 atom stereocenters. The molecular formula is C24H26O4. The van der Waals surface area contributed by atoms with E-state index in [-0.39, 0.29) is 28.6 Å². The van der Waals surface area contributed by atoms with E-state index < -0.39 is 5.97 Å². The number of hydrogen-bond donors (Lipinski definition) is 1. The van der Waals surface area contributed by atoms with E-state index in [0.717, 1.165) is 35.8 Å². The van der Waals surface area contributed by atoms with E-state index in [1.54, 1.807) is 12.1 Å². The third-order valence-corrected chi connectivity index (χ3v) is 6.02. The molecule has 0 saturated carbocycles. The molecule has 0 unspecified atom stereocenters.